The third-order valence-corrected chi connectivity index (χ3v) is 3.48. The van der Waals surface area contributed by atoms with Crippen LogP contribution in [0.5, 0.6) is 0 Å². The molecule has 0 saturated heterocycles. The van der Waals surface area contributed by atoms with Crippen LogP contribution >= 0.6 is 0 Å². The SMILES string of the molecule is CN(C)CCCNc1ccc(C(=O)NCc2ccc(F)cc2)cn1. The normalized spacial score (nSPS) is 10.7. The van der Waals surface area contributed by atoms with Crippen molar-refractivity contribution in [3.63, 3.8) is 0 Å². The van der Waals surface area contributed by atoms with Gasteiger partial charge in [-0.1, -0.05) is 12.1 Å². The maximum absolute atomic E-state index is 12.8. The molecule has 1 aromatic carbocycles. The summed E-state index contributed by atoms with van der Waals surface area (Å²) in [5.41, 5.74) is 1.34. The zero-order valence-electron chi connectivity index (χ0n) is 14.1. The Labute approximate surface area is 141 Å². The predicted molar refractivity (Wildman–Crippen MR) is 93.5 cm³/mol. The van der Waals surface area contributed by atoms with E-state index in [2.05, 4.69) is 20.5 Å². The molecular formula is C18H23FN4O. The van der Waals surface area contributed by atoms with Crippen molar-refractivity contribution in [1.82, 2.24) is 15.2 Å². The monoisotopic (exact) mass is 330 g/mol. The van der Waals surface area contributed by atoms with Crippen LogP contribution in [-0.4, -0.2) is 43.0 Å². The number of halogens is 1. The summed E-state index contributed by atoms with van der Waals surface area (Å²) < 4.78 is 12.8. The lowest BCUT2D eigenvalue weighted by molar-refractivity contribution is 0.0950. The van der Waals surface area contributed by atoms with Gasteiger partial charge in [-0.2, -0.15) is 0 Å². The van der Waals surface area contributed by atoms with Crippen LogP contribution in [0.1, 0.15) is 22.3 Å². The maximum Gasteiger partial charge on any atom is 0.253 e. The fourth-order valence-electron chi connectivity index (χ4n) is 2.13. The standard InChI is InChI=1S/C18H23FN4O/c1-23(2)11-3-10-20-17-9-6-15(13-21-17)18(24)22-12-14-4-7-16(19)8-5-14/h4-9,13H,3,10-12H2,1-2H3,(H,20,21)(H,22,24). The van der Waals surface area contributed by atoms with Gasteiger partial charge in [0, 0.05) is 19.3 Å². The minimum atomic E-state index is -0.289. The van der Waals surface area contributed by atoms with Gasteiger partial charge in [-0.25, -0.2) is 9.37 Å². The molecule has 0 unspecified atom stereocenters. The third-order valence-electron chi connectivity index (χ3n) is 3.48. The molecule has 0 spiro atoms. The fourth-order valence-corrected chi connectivity index (χ4v) is 2.13. The maximum atomic E-state index is 12.8. The van der Waals surface area contributed by atoms with Crippen molar-refractivity contribution in [3.05, 3.63) is 59.5 Å². The number of pyridine rings is 1. The summed E-state index contributed by atoms with van der Waals surface area (Å²) in [6.45, 7) is 2.20. The molecule has 0 bridgehead atoms. The van der Waals surface area contributed by atoms with Crippen LogP contribution < -0.4 is 10.6 Å². The van der Waals surface area contributed by atoms with Gasteiger partial charge in [0.25, 0.3) is 5.91 Å². The van der Waals surface area contributed by atoms with Crippen LogP contribution in [0.2, 0.25) is 0 Å². The molecule has 0 radical (unpaired) electrons. The molecule has 0 aliphatic carbocycles. The molecule has 128 valence electrons. The van der Waals surface area contributed by atoms with Crippen LogP contribution in [0.25, 0.3) is 0 Å². The van der Waals surface area contributed by atoms with Gasteiger partial charge in [0.2, 0.25) is 0 Å². The van der Waals surface area contributed by atoms with Gasteiger partial charge in [0.15, 0.2) is 0 Å². The Morgan fingerprint density at radius 2 is 1.92 bits per heavy atom. The Morgan fingerprint density at radius 3 is 2.54 bits per heavy atom. The van der Waals surface area contributed by atoms with Gasteiger partial charge in [0.05, 0.1) is 5.56 Å². The van der Waals surface area contributed by atoms with E-state index in [1.165, 1.54) is 12.1 Å². The molecule has 0 aliphatic heterocycles. The van der Waals surface area contributed by atoms with E-state index in [0.717, 1.165) is 30.9 Å². The van der Waals surface area contributed by atoms with Gasteiger partial charge in [0.1, 0.15) is 11.6 Å². The highest BCUT2D eigenvalue weighted by molar-refractivity contribution is 5.93. The van der Waals surface area contributed by atoms with Gasteiger partial charge < -0.3 is 15.5 Å². The molecule has 2 N–H and O–H groups in total. The number of hydrogen-bond donors (Lipinski definition) is 2. The number of carbonyl (C=O) groups excluding carboxylic acids is 1. The minimum absolute atomic E-state index is 0.203. The highest BCUT2D eigenvalue weighted by Gasteiger charge is 2.06. The highest BCUT2D eigenvalue weighted by Crippen LogP contribution is 2.06. The Hall–Kier alpha value is -2.47. The van der Waals surface area contributed by atoms with Crippen LogP contribution in [0.3, 0.4) is 0 Å². The van der Waals surface area contributed by atoms with Gasteiger partial charge in [-0.05, 0) is 56.9 Å². The molecule has 1 aromatic heterocycles. The molecular weight excluding hydrogens is 307 g/mol. The van der Waals surface area contributed by atoms with Crippen molar-refractivity contribution in [3.8, 4) is 0 Å². The van der Waals surface area contributed by atoms with Crippen LogP contribution in [-0.2, 0) is 6.54 Å². The summed E-state index contributed by atoms with van der Waals surface area (Å²) in [6, 6.07) is 9.58. The molecule has 6 heteroatoms. The Kier molecular flexibility index (Phi) is 6.69. The van der Waals surface area contributed by atoms with E-state index in [9.17, 15) is 9.18 Å². The lowest BCUT2D eigenvalue weighted by Gasteiger charge is -2.10. The zero-order valence-corrected chi connectivity index (χ0v) is 14.1. The van der Waals surface area contributed by atoms with Crippen LogP contribution in [0, 0.1) is 5.82 Å². The van der Waals surface area contributed by atoms with Gasteiger partial charge in [-0.3, -0.25) is 4.79 Å². The number of nitrogens with zero attached hydrogens (tertiary/aromatic N) is 2. The van der Waals surface area contributed by atoms with E-state index in [1.54, 1.807) is 30.5 Å². The van der Waals surface area contributed by atoms with Crippen molar-refractivity contribution in [2.45, 2.75) is 13.0 Å². The zero-order chi connectivity index (χ0) is 17.4. The molecule has 1 heterocycles. The second-order valence-electron chi connectivity index (χ2n) is 5.82. The molecule has 1 amide bonds. The van der Waals surface area contributed by atoms with Gasteiger partial charge >= 0.3 is 0 Å². The first-order valence-corrected chi connectivity index (χ1v) is 7.92. The van der Waals surface area contributed by atoms with E-state index < -0.39 is 0 Å². The van der Waals surface area contributed by atoms with Crippen molar-refractivity contribution in [1.29, 1.82) is 0 Å². The van der Waals surface area contributed by atoms with E-state index >= 15 is 0 Å². The molecule has 0 atom stereocenters. The summed E-state index contributed by atoms with van der Waals surface area (Å²) >= 11 is 0. The topological polar surface area (TPSA) is 57.3 Å². The largest absolute Gasteiger partial charge is 0.370 e. The van der Waals surface area contributed by atoms with Crippen LogP contribution in [0.4, 0.5) is 10.2 Å². The lowest BCUT2D eigenvalue weighted by Crippen LogP contribution is -2.23. The summed E-state index contributed by atoms with van der Waals surface area (Å²) in [5.74, 6) is 0.262. The van der Waals surface area contributed by atoms with E-state index in [4.69, 9.17) is 0 Å². The molecule has 0 saturated carbocycles. The predicted octanol–water partition coefficient (Wildman–Crippen LogP) is 2.51. The second-order valence-corrected chi connectivity index (χ2v) is 5.82. The number of anilines is 1. The average molecular weight is 330 g/mol. The number of rotatable bonds is 8. The summed E-state index contributed by atoms with van der Waals surface area (Å²) in [4.78, 5) is 18.5. The molecule has 2 aromatic rings. The number of carbonyl (C=O) groups is 1. The molecule has 2 rings (SSSR count). The van der Waals surface area contributed by atoms with E-state index in [-0.39, 0.29) is 11.7 Å². The second kappa shape index (κ2) is 8.98. The molecule has 24 heavy (non-hydrogen) atoms. The third kappa shape index (κ3) is 5.96. The minimum Gasteiger partial charge on any atom is -0.370 e. The van der Waals surface area contributed by atoms with E-state index in [0.29, 0.717) is 12.1 Å². The first-order chi connectivity index (χ1) is 11.5. The first kappa shape index (κ1) is 17.9. The Morgan fingerprint density at radius 1 is 1.17 bits per heavy atom. The Bertz CT molecular complexity index is 641. The molecule has 0 aliphatic rings. The summed E-state index contributed by atoms with van der Waals surface area (Å²) in [5, 5.41) is 6.02. The molecule has 0 fully saturated rings. The van der Waals surface area contributed by atoms with Crippen molar-refractivity contribution in [2.24, 2.45) is 0 Å². The molecule has 5 nitrogen and oxygen atoms in total. The van der Waals surface area contributed by atoms with Crippen molar-refractivity contribution < 1.29 is 9.18 Å². The fraction of sp³-hybridized carbons (Fsp3) is 0.333. The van der Waals surface area contributed by atoms with E-state index in [1.807, 2.05) is 14.1 Å². The van der Waals surface area contributed by atoms with Crippen molar-refractivity contribution in [2.75, 3.05) is 32.5 Å². The highest BCUT2D eigenvalue weighted by atomic mass is 19.1. The number of benzene rings is 1. The number of amides is 1. The summed E-state index contributed by atoms with van der Waals surface area (Å²) in [6.07, 6.45) is 2.57. The average Bonchev–Trinajstić information content (AvgIpc) is 2.58. The Balaban J connectivity index is 1.79. The quantitative estimate of drug-likeness (QED) is 0.730. The number of aromatic nitrogens is 1. The van der Waals surface area contributed by atoms with Crippen LogP contribution in [0.15, 0.2) is 42.6 Å². The first-order valence-electron chi connectivity index (χ1n) is 7.92. The smallest absolute Gasteiger partial charge is 0.253 e. The lowest BCUT2D eigenvalue weighted by atomic mass is 10.2. The number of nitrogens with one attached hydrogen (secondary N) is 2. The summed E-state index contributed by atoms with van der Waals surface area (Å²) in [7, 11) is 4.08. The number of hydrogen-bond acceptors (Lipinski definition) is 4. The van der Waals surface area contributed by atoms with Crippen molar-refractivity contribution >= 4 is 11.7 Å². The van der Waals surface area contributed by atoms with Gasteiger partial charge in [-0.15, -0.1) is 0 Å².